The van der Waals surface area contributed by atoms with Gasteiger partial charge in [0.05, 0.1) is 25.9 Å². The molecule has 0 atom stereocenters. The lowest BCUT2D eigenvalue weighted by atomic mass is 9.88. The van der Waals surface area contributed by atoms with Crippen molar-refractivity contribution in [2.45, 2.75) is 33.5 Å². The zero-order chi connectivity index (χ0) is 14.6. The second kappa shape index (κ2) is 6.37. The Morgan fingerprint density at radius 3 is 2.50 bits per heavy atom. The van der Waals surface area contributed by atoms with Crippen LogP contribution >= 0.6 is 0 Å². The van der Waals surface area contributed by atoms with Crippen LogP contribution in [0, 0.1) is 5.41 Å². The average molecular weight is 277 g/mol. The fraction of sp³-hybridized carbons (Fsp3) is 0.562. The lowest BCUT2D eigenvalue weighted by Gasteiger charge is -2.38. The number of benzene rings is 1. The van der Waals surface area contributed by atoms with Crippen LogP contribution in [0.15, 0.2) is 24.3 Å². The molecule has 1 aliphatic heterocycles. The summed E-state index contributed by atoms with van der Waals surface area (Å²) in [6.45, 7) is 8.80. The first-order valence-corrected chi connectivity index (χ1v) is 7.05. The lowest BCUT2D eigenvalue weighted by molar-refractivity contribution is -0.0978. The van der Waals surface area contributed by atoms with Crippen molar-refractivity contribution in [3.05, 3.63) is 35.4 Å². The van der Waals surface area contributed by atoms with Gasteiger partial charge in [0.15, 0.2) is 0 Å². The monoisotopic (exact) mass is 277 g/mol. The normalized spacial score (nSPS) is 16.8. The molecule has 1 N–H and O–H groups in total. The molecule has 1 heterocycles. The van der Waals surface area contributed by atoms with Gasteiger partial charge in [-0.05, 0) is 31.5 Å². The summed E-state index contributed by atoms with van der Waals surface area (Å²) in [5, 5.41) is 2.96. The fourth-order valence-corrected chi connectivity index (χ4v) is 1.96. The van der Waals surface area contributed by atoms with Gasteiger partial charge in [0, 0.05) is 17.5 Å². The third kappa shape index (κ3) is 4.05. The van der Waals surface area contributed by atoms with Crippen LogP contribution in [-0.2, 0) is 16.1 Å². The molecule has 1 aromatic rings. The highest BCUT2D eigenvalue weighted by Gasteiger charge is 2.33. The third-order valence-corrected chi connectivity index (χ3v) is 3.38. The van der Waals surface area contributed by atoms with E-state index in [-0.39, 0.29) is 17.4 Å². The number of carbonyl (C=O) groups excluding carboxylic acids is 1. The lowest BCUT2D eigenvalue weighted by Crippen LogP contribution is -2.48. The van der Waals surface area contributed by atoms with Crippen molar-refractivity contribution >= 4 is 5.91 Å². The van der Waals surface area contributed by atoms with Crippen LogP contribution in [-0.4, -0.2) is 31.8 Å². The Morgan fingerprint density at radius 1 is 1.35 bits per heavy atom. The maximum Gasteiger partial charge on any atom is 0.251 e. The Labute approximate surface area is 120 Å². The molecule has 0 unspecified atom stereocenters. The number of carbonyl (C=O) groups is 1. The summed E-state index contributed by atoms with van der Waals surface area (Å²) in [5.74, 6) is -0.0329. The Bertz CT molecular complexity index is 449. The van der Waals surface area contributed by atoms with Crippen molar-refractivity contribution in [1.82, 2.24) is 5.32 Å². The topological polar surface area (TPSA) is 47.6 Å². The number of hydrogen-bond donors (Lipinski definition) is 1. The molecule has 0 aromatic heterocycles. The van der Waals surface area contributed by atoms with Crippen LogP contribution < -0.4 is 5.32 Å². The molecule has 2 rings (SSSR count). The van der Waals surface area contributed by atoms with Gasteiger partial charge >= 0.3 is 0 Å². The van der Waals surface area contributed by atoms with Gasteiger partial charge in [0.2, 0.25) is 0 Å². The maximum atomic E-state index is 12.0. The molecule has 1 saturated heterocycles. The van der Waals surface area contributed by atoms with Crippen LogP contribution in [0.25, 0.3) is 0 Å². The number of ether oxygens (including phenoxy) is 2. The second-order valence-corrected chi connectivity index (χ2v) is 6.04. The third-order valence-electron chi connectivity index (χ3n) is 3.38. The quantitative estimate of drug-likeness (QED) is 0.868. The van der Waals surface area contributed by atoms with Crippen LogP contribution in [0.4, 0.5) is 0 Å². The van der Waals surface area contributed by atoms with Gasteiger partial charge in [-0.25, -0.2) is 0 Å². The maximum absolute atomic E-state index is 12.0. The molecule has 0 bridgehead atoms. The Morgan fingerprint density at radius 2 is 2.00 bits per heavy atom. The number of amides is 1. The van der Waals surface area contributed by atoms with Gasteiger partial charge in [0.25, 0.3) is 5.91 Å². The SMILES string of the molecule is CC(C)OCc1ccc(C(=O)NCC2(C)COC2)cc1. The summed E-state index contributed by atoms with van der Waals surface area (Å²) in [5.41, 5.74) is 1.86. The smallest absolute Gasteiger partial charge is 0.251 e. The van der Waals surface area contributed by atoms with E-state index in [0.717, 1.165) is 18.8 Å². The zero-order valence-corrected chi connectivity index (χ0v) is 12.4. The summed E-state index contributed by atoms with van der Waals surface area (Å²) in [6, 6.07) is 7.55. The van der Waals surface area contributed by atoms with E-state index < -0.39 is 0 Å². The van der Waals surface area contributed by atoms with Crippen molar-refractivity contribution in [2.75, 3.05) is 19.8 Å². The van der Waals surface area contributed by atoms with Gasteiger partial charge in [-0.15, -0.1) is 0 Å². The Kier molecular flexibility index (Phi) is 4.78. The minimum Gasteiger partial charge on any atom is -0.380 e. The standard InChI is InChI=1S/C16H23NO3/c1-12(2)20-8-13-4-6-14(7-5-13)15(18)17-9-16(3)10-19-11-16/h4-7,12H,8-11H2,1-3H3,(H,17,18). The molecular formula is C16H23NO3. The van der Waals surface area contributed by atoms with Crippen molar-refractivity contribution < 1.29 is 14.3 Å². The van der Waals surface area contributed by atoms with Gasteiger partial charge in [0.1, 0.15) is 0 Å². The molecule has 20 heavy (non-hydrogen) atoms. The molecule has 0 saturated carbocycles. The predicted octanol–water partition coefficient (Wildman–Crippen LogP) is 2.38. The van der Waals surface area contributed by atoms with E-state index in [9.17, 15) is 4.79 Å². The molecule has 1 aliphatic rings. The summed E-state index contributed by atoms with van der Waals surface area (Å²) < 4.78 is 10.7. The van der Waals surface area contributed by atoms with Crippen LogP contribution in [0.5, 0.6) is 0 Å². The van der Waals surface area contributed by atoms with Crippen LogP contribution in [0.1, 0.15) is 36.7 Å². The summed E-state index contributed by atoms with van der Waals surface area (Å²) in [6.07, 6.45) is 0.211. The highest BCUT2D eigenvalue weighted by molar-refractivity contribution is 5.94. The largest absolute Gasteiger partial charge is 0.380 e. The van der Waals surface area contributed by atoms with E-state index in [2.05, 4.69) is 12.2 Å². The van der Waals surface area contributed by atoms with Crippen molar-refractivity contribution in [3.8, 4) is 0 Å². The van der Waals surface area contributed by atoms with Gasteiger partial charge in [-0.1, -0.05) is 19.1 Å². The number of hydrogen-bond acceptors (Lipinski definition) is 3. The molecule has 0 aliphatic carbocycles. The van der Waals surface area contributed by atoms with Crippen molar-refractivity contribution in [3.63, 3.8) is 0 Å². The predicted molar refractivity (Wildman–Crippen MR) is 77.6 cm³/mol. The molecule has 0 spiro atoms. The molecule has 110 valence electrons. The molecular weight excluding hydrogens is 254 g/mol. The Hall–Kier alpha value is -1.39. The van der Waals surface area contributed by atoms with Crippen molar-refractivity contribution in [2.24, 2.45) is 5.41 Å². The molecule has 1 aromatic carbocycles. The van der Waals surface area contributed by atoms with Gasteiger partial charge in [-0.2, -0.15) is 0 Å². The average Bonchev–Trinajstić information content (AvgIpc) is 2.41. The Balaban J connectivity index is 1.83. The molecule has 4 nitrogen and oxygen atoms in total. The highest BCUT2D eigenvalue weighted by Crippen LogP contribution is 2.25. The minimum absolute atomic E-state index is 0.0329. The van der Waals surface area contributed by atoms with E-state index in [1.54, 1.807) is 0 Å². The van der Waals surface area contributed by atoms with E-state index in [1.807, 2.05) is 38.1 Å². The van der Waals surface area contributed by atoms with Gasteiger partial charge < -0.3 is 14.8 Å². The molecule has 1 amide bonds. The van der Waals surface area contributed by atoms with Crippen LogP contribution in [0.2, 0.25) is 0 Å². The zero-order valence-electron chi connectivity index (χ0n) is 12.4. The first-order chi connectivity index (χ1) is 9.48. The van der Waals surface area contributed by atoms with Gasteiger partial charge in [-0.3, -0.25) is 4.79 Å². The highest BCUT2D eigenvalue weighted by atomic mass is 16.5. The van der Waals surface area contributed by atoms with E-state index in [4.69, 9.17) is 9.47 Å². The minimum atomic E-state index is -0.0329. The number of nitrogens with one attached hydrogen (secondary N) is 1. The first-order valence-electron chi connectivity index (χ1n) is 7.05. The fourth-order valence-electron chi connectivity index (χ4n) is 1.96. The molecule has 1 fully saturated rings. The second-order valence-electron chi connectivity index (χ2n) is 6.04. The van der Waals surface area contributed by atoms with E-state index in [1.165, 1.54) is 0 Å². The van der Waals surface area contributed by atoms with Crippen LogP contribution in [0.3, 0.4) is 0 Å². The first kappa shape index (κ1) is 15.0. The summed E-state index contributed by atoms with van der Waals surface area (Å²) in [7, 11) is 0. The number of rotatable bonds is 6. The van der Waals surface area contributed by atoms with E-state index >= 15 is 0 Å². The molecule has 4 heteroatoms. The molecule has 0 radical (unpaired) electrons. The van der Waals surface area contributed by atoms with E-state index in [0.29, 0.717) is 18.7 Å². The summed E-state index contributed by atoms with van der Waals surface area (Å²) >= 11 is 0. The van der Waals surface area contributed by atoms with Crippen molar-refractivity contribution in [1.29, 1.82) is 0 Å². The summed E-state index contributed by atoms with van der Waals surface area (Å²) in [4.78, 5) is 12.0.